The van der Waals surface area contributed by atoms with E-state index in [1.54, 1.807) is 31.4 Å². The fourth-order valence-corrected chi connectivity index (χ4v) is 15.4. The summed E-state index contributed by atoms with van der Waals surface area (Å²) in [6.07, 6.45) is 23.2. The van der Waals surface area contributed by atoms with E-state index in [0.29, 0.717) is 50.3 Å². The minimum atomic E-state index is -0.761. The van der Waals surface area contributed by atoms with Gasteiger partial charge in [-0.3, -0.25) is 5.32 Å². The van der Waals surface area contributed by atoms with Crippen molar-refractivity contribution >= 4 is 22.7 Å². The highest BCUT2D eigenvalue weighted by Crippen LogP contribution is 2.60. The Kier molecular flexibility index (Phi) is 15.3. The molecule has 426 valence electrons. The number of aliphatic hydroxyl groups excluding tert-OH is 2. The third kappa shape index (κ3) is 10.4. The van der Waals surface area contributed by atoms with Crippen molar-refractivity contribution in [2.45, 2.75) is 145 Å². The Labute approximate surface area is 481 Å². The average Bonchev–Trinajstić information content (AvgIpc) is 3.81. The predicted molar refractivity (Wildman–Crippen MR) is 318 cm³/mol. The summed E-state index contributed by atoms with van der Waals surface area (Å²) in [6, 6.07) is 28.6. The van der Waals surface area contributed by atoms with Gasteiger partial charge in [0.15, 0.2) is 11.5 Å². The van der Waals surface area contributed by atoms with Crippen molar-refractivity contribution in [2.75, 3.05) is 27.1 Å². The molecule has 2 fully saturated rings. The number of hydrogen-bond acceptors (Lipinski definition) is 11. The third-order valence-electron chi connectivity index (χ3n) is 19.5. The Morgan fingerprint density at radius 2 is 1.74 bits per heavy atom. The van der Waals surface area contributed by atoms with Gasteiger partial charge < -0.3 is 54.4 Å². The maximum absolute atomic E-state index is 12.3. The number of benzene rings is 5. The first kappa shape index (κ1) is 54.4. The van der Waals surface area contributed by atoms with E-state index in [1.165, 1.54) is 36.0 Å². The van der Waals surface area contributed by atoms with Gasteiger partial charge in [-0.1, -0.05) is 97.9 Å². The molecule has 6 aromatic rings. The van der Waals surface area contributed by atoms with Crippen LogP contribution in [0.1, 0.15) is 133 Å². The highest BCUT2D eigenvalue weighted by atomic mass is 16.5. The Bertz CT molecular complexity index is 3540. The first-order valence-corrected chi connectivity index (χ1v) is 30.1. The fourth-order valence-electron chi connectivity index (χ4n) is 15.4. The van der Waals surface area contributed by atoms with Gasteiger partial charge in [0.1, 0.15) is 30.1 Å². The topological polar surface area (TPSA) is 167 Å². The van der Waals surface area contributed by atoms with Gasteiger partial charge in [-0.2, -0.15) is 0 Å². The van der Waals surface area contributed by atoms with Crippen molar-refractivity contribution in [3.8, 4) is 34.8 Å². The second-order valence-corrected chi connectivity index (χ2v) is 24.3. The molecule has 7 atom stereocenters. The zero-order chi connectivity index (χ0) is 56.0. The highest BCUT2D eigenvalue weighted by molar-refractivity contribution is 5.89. The number of aromatic nitrogens is 1. The van der Waals surface area contributed by atoms with Crippen molar-refractivity contribution in [3.05, 3.63) is 176 Å². The molecular weight excluding hydrogens is 1030 g/mol. The molecule has 1 aromatic heterocycles. The van der Waals surface area contributed by atoms with Crippen LogP contribution in [-0.2, 0) is 58.5 Å². The molecule has 82 heavy (non-hydrogen) atoms. The number of aromatic hydroxyl groups is 3. The molecule has 8 aliphatic rings. The van der Waals surface area contributed by atoms with Gasteiger partial charge in [0.25, 0.3) is 0 Å². The first-order chi connectivity index (χ1) is 40.1. The molecule has 0 amide bonds. The molecule has 1 saturated carbocycles. The van der Waals surface area contributed by atoms with Gasteiger partial charge in [0.05, 0.1) is 37.8 Å². The van der Waals surface area contributed by atoms with Crippen LogP contribution in [0.5, 0.6) is 23.0 Å². The van der Waals surface area contributed by atoms with E-state index < -0.39 is 6.10 Å². The van der Waals surface area contributed by atoms with E-state index in [9.17, 15) is 25.5 Å². The Hall–Kier alpha value is -6.82. The number of fused-ring (bicyclic) bond motifs is 6. The summed E-state index contributed by atoms with van der Waals surface area (Å²) in [5.74, 6) is 9.16. The number of dihydropyridines is 1. The normalized spacial score (nSPS) is 25.7. The predicted octanol–water partition coefficient (Wildman–Crippen LogP) is 11.4. The van der Waals surface area contributed by atoms with Crippen LogP contribution in [0.25, 0.3) is 22.7 Å². The largest absolute Gasteiger partial charge is 0.508 e. The molecule has 6 heterocycles. The number of nitrogens with zero attached hydrogens (tertiary/aromatic N) is 1. The summed E-state index contributed by atoms with van der Waals surface area (Å²) in [6.45, 7) is 1.14. The van der Waals surface area contributed by atoms with Gasteiger partial charge in [-0.15, -0.1) is 0 Å². The van der Waals surface area contributed by atoms with Crippen molar-refractivity contribution in [2.24, 2.45) is 17.8 Å². The monoisotopic (exact) mass is 1100 g/mol. The summed E-state index contributed by atoms with van der Waals surface area (Å²) < 4.78 is 29.0. The lowest BCUT2D eigenvalue weighted by Gasteiger charge is -2.59. The maximum atomic E-state index is 12.3. The highest BCUT2D eigenvalue weighted by Gasteiger charge is 2.58. The third-order valence-corrected chi connectivity index (χ3v) is 19.5. The van der Waals surface area contributed by atoms with E-state index in [2.05, 4.69) is 88.0 Å². The number of nitrogens with one attached hydrogen (secondary N) is 2. The molecule has 8 bridgehead atoms. The summed E-state index contributed by atoms with van der Waals surface area (Å²) in [4.78, 5) is 0. The summed E-state index contributed by atoms with van der Waals surface area (Å²) in [5, 5.41) is 65.5. The molecule has 0 radical (unpaired) electrons. The zero-order valence-electron chi connectivity index (χ0n) is 47.1. The van der Waals surface area contributed by atoms with Crippen LogP contribution in [0, 0.1) is 29.6 Å². The van der Waals surface area contributed by atoms with E-state index in [1.807, 2.05) is 30.4 Å². The van der Waals surface area contributed by atoms with E-state index in [0.717, 1.165) is 119 Å². The SMILES string of the molecule is COCNC1C=C2C#CC(CCc3ccc(O)c(Cc4cccc(O)c4)c3)CCCC3CC(O)C4C=Cc5c(c(CO)cc(O)c5OCc5cc(C67CCOC8(CCCCC8)C6CCc6ccccc67)cc6cn(cc56)C(=C2CO3)N1)C4. The second-order valence-electron chi connectivity index (χ2n) is 24.3. The van der Waals surface area contributed by atoms with Crippen LogP contribution in [0.4, 0.5) is 0 Å². The van der Waals surface area contributed by atoms with Crippen molar-refractivity contribution in [3.63, 3.8) is 0 Å². The molecule has 1 saturated heterocycles. The first-order valence-electron chi connectivity index (χ1n) is 30.1. The standard InChI is InChI=1S/C70H77N3O9/c1-79-43-71-66-36-48-19-17-44(15-16-45-18-23-62(76)50(29-45)30-46-10-7-12-55(75)31-46)9-8-13-56-37-63(77)49-20-22-57-58(34-49)52(40-74)35-64(78)67(57)81-41-53-33-54(32-51-38-73(39-59(51)53)68(72-66)60(48)42-80-56)70-27-28-82-69(25-5-2-6-26-69)65(70)24-21-47-11-3-4-14-61(47)70/h3-4,7,10-12,14,18,20,22-23,29,31-33,35-36,38-39,44,49,56,63,65-66,71-72,74-78H,2,5-6,8-9,13,15-16,21,24-28,30,34,37,40-43H2,1H3. The lowest BCUT2D eigenvalue weighted by molar-refractivity contribution is -0.166. The van der Waals surface area contributed by atoms with Gasteiger partial charge in [-0.25, -0.2) is 0 Å². The van der Waals surface area contributed by atoms with Gasteiger partial charge in [-0.05, 0) is 157 Å². The zero-order valence-corrected chi connectivity index (χ0v) is 47.1. The lowest BCUT2D eigenvalue weighted by atomic mass is 9.51. The Morgan fingerprint density at radius 1 is 0.854 bits per heavy atom. The van der Waals surface area contributed by atoms with E-state index in [4.69, 9.17) is 18.9 Å². The van der Waals surface area contributed by atoms with Crippen molar-refractivity contribution in [1.29, 1.82) is 0 Å². The summed E-state index contributed by atoms with van der Waals surface area (Å²) >= 11 is 0. The van der Waals surface area contributed by atoms with Crippen LogP contribution >= 0.6 is 0 Å². The Balaban J connectivity index is 0.952. The molecular formula is C70H77N3O9. The number of phenols is 3. The number of aryl methyl sites for hydroxylation is 2. The molecule has 12 heteroatoms. The van der Waals surface area contributed by atoms with Crippen LogP contribution in [0.15, 0.2) is 121 Å². The smallest absolute Gasteiger partial charge is 0.168 e. The van der Waals surface area contributed by atoms with Crippen LogP contribution in [-0.4, -0.2) is 81.1 Å². The molecule has 7 N–H and O–H groups in total. The van der Waals surface area contributed by atoms with Crippen LogP contribution in [0.2, 0.25) is 0 Å². The lowest BCUT2D eigenvalue weighted by Crippen LogP contribution is -2.59. The number of aliphatic hydroxyl groups is 2. The van der Waals surface area contributed by atoms with E-state index >= 15 is 0 Å². The van der Waals surface area contributed by atoms with Crippen LogP contribution in [0.3, 0.4) is 0 Å². The van der Waals surface area contributed by atoms with Crippen molar-refractivity contribution < 1.29 is 44.5 Å². The number of rotatable bonds is 10. The molecule has 12 nitrogen and oxygen atoms in total. The van der Waals surface area contributed by atoms with E-state index in [-0.39, 0.29) is 78.1 Å². The van der Waals surface area contributed by atoms with Gasteiger partial charge in [0.2, 0.25) is 0 Å². The van der Waals surface area contributed by atoms with Gasteiger partial charge >= 0.3 is 0 Å². The minimum absolute atomic E-state index is 0.0272. The number of phenolic OH excluding ortho intramolecular Hbond substituents is 3. The number of ether oxygens (including phenoxy) is 4. The number of hydrogen-bond donors (Lipinski definition) is 7. The minimum Gasteiger partial charge on any atom is -0.508 e. The molecule has 7 unspecified atom stereocenters. The summed E-state index contributed by atoms with van der Waals surface area (Å²) in [5.41, 5.74) is 11.4. The molecule has 3 aliphatic carbocycles. The molecule has 1 spiro atoms. The number of methoxy groups -OCH3 is 1. The van der Waals surface area contributed by atoms with Crippen LogP contribution < -0.4 is 15.4 Å². The fraction of sp³-hybridized carbons (Fsp3) is 0.429. The second kappa shape index (κ2) is 23.1. The average molecular weight is 1100 g/mol. The molecule has 5 aromatic carbocycles. The van der Waals surface area contributed by atoms with Crippen molar-refractivity contribution in [1.82, 2.24) is 15.2 Å². The Morgan fingerprint density at radius 3 is 2.61 bits per heavy atom. The molecule has 5 aliphatic heterocycles. The quantitative estimate of drug-likeness (QED) is 0.0515. The maximum Gasteiger partial charge on any atom is 0.168 e. The van der Waals surface area contributed by atoms with Gasteiger partial charge in [0, 0.05) is 89.6 Å². The summed E-state index contributed by atoms with van der Waals surface area (Å²) in [7, 11) is 1.68. The molecule has 14 rings (SSSR count).